The number of likely N-dealkylation sites (N-methyl/N-ethyl adjacent to an activating group) is 1. The van der Waals surface area contributed by atoms with Crippen molar-refractivity contribution in [1.82, 2.24) is 0 Å². The predicted octanol–water partition coefficient (Wildman–Crippen LogP) is 3.03. The lowest BCUT2D eigenvalue weighted by Crippen LogP contribution is -2.44. The molecule has 2 rings (SSSR count). The van der Waals surface area contributed by atoms with Gasteiger partial charge in [-0.3, -0.25) is 4.79 Å². The molecule has 0 bridgehead atoms. The highest BCUT2D eigenvalue weighted by Crippen LogP contribution is 2.35. The molecule has 0 N–H and O–H groups in total. The number of hydrogen-bond acceptors (Lipinski definition) is 2. The first-order chi connectivity index (χ1) is 8.13. The minimum Gasteiger partial charge on any atom is -0.360 e. The molecule has 1 aromatic carbocycles. The second kappa shape index (κ2) is 5.08. The van der Waals surface area contributed by atoms with Gasteiger partial charge in [-0.05, 0) is 24.6 Å². The van der Waals surface area contributed by atoms with E-state index in [1.807, 2.05) is 19.2 Å². The number of anilines is 2. The van der Waals surface area contributed by atoms with Gasteiger partial charge in [0.25, 0.3) is 0 Å². The fraction of sp³-hybridized carbons (Fsp3) is 0.462. The lowest BCUT2D eigenvalue weighted by atomic mass is 10.1. The molecule has 1 aliphatic rings. The number of halogens is 1. The van der Waals surface area contributed by atoms with E-state index in [0.717, 1.165) is 35.2 Å². The number of fused-ring (bicyclic) bond motifs is 1. The predicted molar refractivity (Wildman–Crippen MR) is 74.7 cm³/mol. The summed E-state index contributed by atoms with van der Waals surface area (Å²) in [6.07, 6.45) is 2.26. The van der Waals surface area contributed by atoms with Crippen LogP contribution in [0.2, 0.25) is 0 Å². The first-order valence-electron chi connectivity index (χ1n) is 5.94. The zero-order valence-electron chi connectivity index (χ0n) is 10.2. The second-order valence-electron chi connectivity index (χ2n) is 4.36. The number of amides is 1. The smallest absolute Gasteiger partial charge is 0.246 e. The number of carbonyl (C=O) groups excluding carboxylic acids is 1. The van der Waals surface area contributed by atoms with E-state index in [-0.39, 0.29) is 5.91 Å². The van der Waals surface area contributed by atoms with Crippen molar-refractivity contribution >= 4 is 33.2 Å². The Balaban J connectivity index is 2.35. The molecule has 0 unspecified atom stereocenters. The third-order valence-electron chi connectivity index (χ3n) is 3.12. The molecule has 17 heavy (non-hydrogen) atoms. The minimum absolute atomic E-state index is 0.163. The van der Waals surface area contributed by atoms with E-state index in [1.54, 1.807) is 4.90 Å². The number of carbonyl (C=O) groups is 1. The molecule has 0 aliphatic carbocycles. The third-order valence-corrected chi connectivity index (χ3v) is 3.61. The van der Waals surface area contributed by atoms with Crippen LogP contribution >= 0.6 is 15.9 Å². The van der Waals surface area contributed by atoms with Gasteiger partial charge in [0.15, 0.2) is 0 Å². The Morgan fingerprint density at radius 1 is 1.35 bits per heavy atom. The fourth-order valence-electron chi connectivity index (χ4n) is 2.07. The molecule has 4 heteroatoms. The van der Waals surface area contributed by atoms with Crippen molar-refractivity contribution in [3.63, 3.8) is 0 Å². The molecule has 1 heterocycles. The number of unbranched alkanes of at least 4 members (excludes halogenated alkanes) is 1. The van der Waals surface area contributed by atoms with E-state index in [9.17, 15) is 4.79 Å². The van der Waals surface area contributed by atoms with Crippen LogP contribution in [0.1, 0.15) is 19.8 Å². The van der Waals surface area contributed by atoms with Crippen LogP contribution in [0.15, 0.2) is 22.7 Å². The highest BCUT2D eigenvalue weighted by Gasteiger charge is 2.26. The molecule has 0 saturated heterocycles. The van der Waals surface area contributed by atoms with Crippen LogP contribution in [0.5, 0.6) is 0 Å². The number of nitrogens with zero attached hydrogens (tertiary/aromatic N) is 2. The minimum atomic E-state index is 0.163. The van der Waals surface area contributed by atoms with E-state index in [4.69, 9.17) is 0 Å². The van der Waals surface area contributed by atoms with Gasteiger partial charge in [-0.1, -0.05) is 29.3 Å². The maximum Gasteiger partial charge on any atom is 0.246 e. The lowest BCUT2D eigenvalue weighted by molar-refractivity contribution is -0.117. The van der Waals surface area contributed by atoms with Crippen molar-refractivity contribution in [2.24, 2.45) is 0 Å². The van der Waals surface area contributed by atoms with Gasteiger partial charge >= 0.3 is 0 Å². The molecule has 92 valence electrons. The van der Waals surface area contributed by atoms with Gasteiger partial charge in [-0.15, -0.1) is 0 Å². The summed E-state index contributed by atoms with van der Waals surface area (Å²) in [7, 11) is 1.84. The normalized spacial score (nSPS) is 15.1. The van der Waals surface area contributed by atoms with E-state index >= 15 is 0 Å². The van der Waals surface area contributed by atoms with E-state index in [0.29, 0.717) is 6.54 Å². The average molecular weight is 297 g/mol. The van der Waals surface area contributed by atoms with Gasteiger partial charge in [0.1, 0.15) is 0 Å². The summed E-state index contributed by atoms with van der Waals surface area (Å²) < 4.78 is 1.06. The fourth-order valence-corrected chi connectivity index (χ4v) is 2.42. The molecular weight excluding hydrogens is 280 g/mol. The third kappa shape index (κ3) is 2.46. The number of benzene rings is 1. The highest BCUT2D eigenvalue weighted by molar-refractivity contribution is 9.10. The standard InChI is InChI=1S/C13H17BrN2O/c1-3-4-7-16-9-13(17)15(2)11-6-5-10(14)8-12(11)16/h5-6,8H,3-4,7,9H2,1-2H3. The maximum absolute atomic E-state index is 11.9. The van der Waals surface area contributed by atoms with Crippen LogP contribution in [0, 0.1) is 0 Å². The first-order valence-corrected chi connectivity index (χ1v) is 6.74. The number of rotatable bonds is 3. The molecule has 0 atom stereocenters. The van der Waals surface area contributed by atoms with E-state index in [1.165, 1.54) is 0 Å². The van der Waals surface area contributed by atoms with Gasteiger partial charge < -0.3 is 9.80 Å². The summed E-state index contributed by atoms with van der Waals surface area (Å²) in [5, 5.41) is 0. The van der Waals surface area contributed by atoms with Crippen molar-refractivity contribution in [2.45, 2.75) is 19.8 Å². The van der Waals surface area contributed by atoms with Crippen LogP contribution in [0.4, 0.5) is 11.4 Å². The van der Waals surface area contributed by atoms with Crippen LogP contribution in [-0.4, -0.2) is 26.0 Å². The van der Waals surface area contributed by atoms with Crippen molar-refractivity contribution in [3.05, 3.63) is 22.7 Å². The zero-order chi connectivity index (χ0) is 12.4. The maximum atomic E-state index is 11.9. The van der Waals surface area contributed by atoms with Crippen molar-refractivity contribution < 1.29 is 4.79 Å². The summed E-state index contributed by atoms with van der Waals surface area (Å²) in [6.45, 7) is 3.60. The van der Waals surface area contributed by atoms with Crippen molar-refractivity contribution in [1.29, 1.82) is 0 Å². The number of hydrogen-bond donors (Lipinski definition) is 0. The summed E-state index contributed by atoms with van der Waals surface area (Å²) in [6, 6.07) is 6.06. The van der Waals surface area contributed by atoms with Gasteiger partial charge in [0.2, 0.25) is 5.91 Å². The quantitative estimate of drug-likeness (QED) is 0.856. The summed E-state index contributed by atoms with van der Waals surface area (Å²) in [4.78, 5) is 15.8. The average Bonchev–Trinajstić information content (AvgIpc) is 2.32. The van der Waals surface area contributed by atoms with Crippen molar-refractivity contribution in [3.8, 4) is 0 Å². The Morgan fingerprint density at radius 2 is 2.12 bits per heavy atom. The Labute approximate surface area is 111 Å². The Kier molecular flexibility index (Phi) is 3.72. The van der Waals surface area contributed by atoms with Crippen LogP contribution < -0.4 is 9.80 Å². The molecular formula is C13H17BrN2O. The van der Waals surface area contributed by atoms with Gasteiger partial charge in [-0.25, -0.2) is 0 Å². The van der Waals surface area contributed by atoms with Crippen LogP contribution in [-0.2, 0) is 4.79 Å². The largest absolute Gasteiger partial charge is 0.360 e. The molecule has 0 spiro atoms. The molecule has 0 fully saturated rings. The molecule has 0 aromatic heterocycles. The molecule has 1 amide bonds. The molecule has 1 aliphatic heterocycles. The summed E-state index contributed by atoms with van der Waals surface area (Å²) in [5.41, 5.74) is 2.15. The highest BCUT2D eigenvalue weighted by atomic mass is 79.9. The zero-order valence-corrected chi connectivity index (χ0v) is 11.8. The Hall–Kier alpha value is -1.03. The first kappa shape index (κ1) is 12.4. The Bertz CT molecular complexity index is 433. The Morgan fingerprint density at radius 3 is 2.82 bits per heavy atom. The van der Waals surface area contributed by atoms with Gasteiger partial charge in [-0.2, -0.15) is 0 Å². The molecule has 0 radical (unpaired) electrons. The summed E-state index contributed by atoms with van der Waals surface area (Å²) >= 11 is 3.49. The molecule has 0 saturated carbocycles. The van der Waals surface area contributed by atoms with Gasteiger partial charge in [0.05, 0.1) is 17.9 Å². The summed E-state index contributed by atoms with van der Waals surface area (Å²) in [5.74, 6) is 0.163. The van der Waals surface area contributed by atoms with Crippen LogP contribution in [0.3, 0.4) is 0 Å². The topological polar surface area (TPSA) is 23.6 Å². The second-order valence-corrected chi connectivity index (χ2v) is 5.28. The van der Waals surface area contributed by atoms with Gasteiger partial charge in [0, 0.05) is 18.1 Å². The SMILES string of the molecule is CCCCN1CC(=O)N(C)c2ccc(Br)cc21. The van der Waals surface area contributed by atoms with Crippen molar-refractivity contribution in [2.75, 3.05) is 29.9 Å². The van der Waals surface area contributed by atoms with E-state index in [2.05, 4.69) is 33.8 Å². The molecule has 3 nitrogen and oxygen atoms in total. The molecule has 1 aromatic rings. The lowest BCUT2D eigenvalue weighted by Gasteiger charge is -2.35. The monoisotopic (exact) mass is 296 g/mol. The van der Waals surface area contributed by atoms with E-state index < -0.39 is 0 Å². The van der Waals surface area contributed by atoms with Crippen LogP contribution in [0.25, 0.3) is 0 Å².